The van der Waals surface area contributed by atoms with E-state index in [0.29, 0.717) is 13.1 Å². The van der Waals surface area contributed by atoms with E-state index >= 15 is 0 Å². The average molecular weight is 359 g/mol. The van der Waals surface area contributed by atoms with Gasteiger partial charge in [0.2, 0.25) is 11.8 Å². The number of likely N-dealkylation sites (tertiary alicyclic amines) is 1. The molecule has 142 valence electrons. The predicted molar refractivity (Wildman–Crippen MR) is 100 cm³/mol. The highest BCUT2D eigenvalue weighted by atomic mass is 16.5. The Kier molecular flexibility index (Phi) is 6.50. The summed E-state index contributed by atoms with van der Waals surface area (Å²) in [5.74, 6) is 1.40. The molecule has 1 saturated carbocycles. The van der Waals surface area contributed by atoms with E-state index in [-0.39, 0.29) is 23.8 Å². The fourth-order valence-corrected chi connectivity index (χ4v) is 3.30. The highest BCUT2D eigenvalue weighted by molar-refractivity contribution is 5.81. The Morgan fingerprint density at radius 2 is 1.81 bits per heavy atom. The van der Waals surface area contributed by atoms with Crippen molar-refractivity contribution in [1.82, 2.24) is 15.5 Å². The Morgan fingerprint density at radius 1 is 1.12 bits per heavy atom. The first-order valence-electron chi connectivity index (χ1n) is 9.56. The highest BCUT2D eigenvalue weighted by Crippen LogP contribution is 2.29. The minimum atomic E-state index is 0.0685. The first-order chi connectivity index (χ1) is 12.6. The molecule has 0 spiro atoms. The van der Waals surface area contributed by atoms with Crippen LogP contribution in [0.5, 0.6) is 5.75 Å². The number of nitrogens with zero attached hydrogens (tertiary/aromatic N) is 1. The molecule has 1 aliphatic heterocycles. The number of carbonyl (C=O) groups excluding carboxylic acids is 2. The lowest BCUT2D eigenvalue weighted by Gasteiger charge is -2.31. The Morgan fingerprint density at radius 3 is 2.42 bits per heavy atom. The Bertz CT molecular complexity index is 605. The van der Waals surface area contributed by atoms with Gasteiger partial charge in [-0.05, 0) is 49.8 Å². The summed E-state index contributed by atoms with van der Waals surface area (Å²) in [4.78, 5) is 26.1. The lowest BCUT2D eigenvalue weighted by atomic mass is 10.0. The molecule has 0 bridgehead atoms. The molecule has 3 rings (SSSR count). The maximum atomic E-state index is 12.1. The molecule has 2 N–H and O–H groups in total. The fraction of sp³-hybridized carbons (Fsp3) is 0.600. The van der Waals surface area contributed by atoms with Gasteiger partial charge in [-0.25, -0.2) is 0 Å². The van der Waals surface area contributed by atoms with E-state index in [1.807, 2.05) is 24.3 Å². The van der Waals surface area contributed by atoms with Crippen LogP contribution >= 0.6 is 0 Å². The van der Waals surface area contributed by atoms with Gasteiger partial charge in [-0.2, -0.15) is 0 Å². The number of piperidine rings is 1. The van der Waals surface area contributed by atoms with Crippen LogP contribution < -0.4 is 15.4 Å². The SMILES string of the molecule is COc1ccc(CCNC(=O)CN2CCC(NC(=O)C3CC3)CC2)cc1. The van der Waals surface area contributed by atoms with E-state index in [4.69, 9.17) is 4.74 Å². The quantitative estimate of drug-likeness (QED) is 0.735. The molecule has 2 amide bonds. The molecule has 1 saturated heterocycles. The van der Waals surface area contributed by atoms with Crippen molar-refractivity contribution >= 4 is 11.8 Å². The second kappa shape index (κ2) is 9.03. The molecule has 1 aliphatic carbocycles. The lowest BCUT2D eigenvalue weighted by Crippen LogP contribution is -2.47. The lowest BCUT2D eigenvalue weighted by molar-refractivity contribution is -0.124. The van der Waals surface area contributed by atoms with Crippen LogP contribution in [-0.2, 0) is 16.0 Å². The Labute approximate surface area is 155 Å². The maximum absolute atomic E-state index is 12.1. The van der Waals surface area contributed by atoms with Crippen molar-refractivity contribution in [2.24, 2.45) is 5.92 Å². The summed E-state index contributed by atoms with van der Waals surface area (Å²) < 4.78 is 5.14. The van der Waals surface area contributed by atoms with Crippen LogP contribution in [0.4, 0.5) is 0 Å². The van der Waals surface area contributed by atoms with Crippen molar-refractivity contribution in [2.45, 2.75) is 38.1 Å². The zero-order valence-electron chi connectivity index (χ0n) is 15.5. The van der Waals surface area contributed by atoms with Crippen LogP contribution in [0.25, 0.3) is 0 Å². The zero-order valence-corrected chi connectivity index (χ0v) is 15.5. The molecule has 6 heteroatoms. The third kappa shape index (κ3) is 5.73. The van der Waals surface area contributed by atoms with E-state index in [1.165, 1.54) is 5.56 Å². The monoisotopic (exact) mass is 359 g/mol. The van der Waals surface area contributed by atoms with Crippen molar-refractivity contribution in [2.75, 3.05) is 33.3 Å². The number of ether oxygens (including phenoxy) is 1. The molecule has 6 nitrogen and oxygen atoms in total. The second-order valence-corrected chi connectivity index (χ2v) is 7.28. The van der Waals surface area contributed by atoms with E-state index in [2.05, 4.69) is 15.5 Å². The summed E-state index contributed by atoms with van der Waals surface area (Å²) in [5.41, 5.74) is 1.18. The molecular formula is C20H29N3O3. The third-order valence-electron chi connectivity index (χ3n) is 5.14. The van der Waals surface area contributed by atoms with Crippen LogP contribution in [0, 0.1) is 5.92 Å². The van der Waals surface area contributed by atoms with E-state index in [9.17, 15) is 9.59 Å². The molecular weight excluding hydrogens is 330 g/mol. The summed E-state index contributed by atoms with van der Waals surface area (Å²) in [5, 5.41) is 6.13. The molecule has 0 unspecified atom stereocenters. The minimum Gasteiger partial charge on any atom is -0.497 e. The van der Waals surface area contributed by atoms with Crippen molar-refractivity contribution in [1.29, 1.82) is 0 Å². The van der Waals surface area contributed by atoms with Gasteiger partial charge in [0.25, 0.3) is 0 Å². The van der Waals surface area contributed by atoms with Crippen LogP contribution in [-0.4, -0.2) is 56.0 Å². The normalized spacial score (nSPS) is 18.3. The number of carbonyl (C=O) groups is 2. The molecule has 0 atom stereocenters. The number of amides is 2. The van der Waals surface area contributed by atoms with Crippen LogP contribution in [0.1, 0.15) is 31.2 Å². The Hall–Kier alpha value is -2.08. The average Bonchev–Trinajstić information content (AvgIpc) is 3.49. The number of hydrogen-bond acceptors (Lipinski definition) is 4. The number of methoxy groups -OCH3 is 1. The van der Waals surface area contributed by atoms with Gasteiger partial charge in [-0.3, -0.25) is 14.5 Å². The predicted octanol–water partition coefficient (Wildman–Crippen LogP) is 1.34. The molecule has 2 fully saturated rings. The number of benzene rings is 1. The third-order valence-corrected chi connectivity index (χ3v) is 5.14. The van der Waals surface area contributed by atoms with E-state index in [0.717, 1.165) is 50.9 Å². The van der Waals surface area contributed by atoms with Gasteiger partial charge in [-0.1, -0.05) is 12.1 Å². The van der Waals surface area contributed by atoms with Crippen LogP contribution in [0.3, 0.4) is 0 Å². The van der Waals surface area contributed by atoms with Gasteiger partial charge in [0.1, 0.15) is 5.75 Å². The highest BCUT2D eigenvalue weighted by Gasteiger charge is 2.31. The second-order valence-electron chi connectivity index (χ2n) is 7.28. The summed E-state index contributed by atoms with van der Waals surface area (Å²) >= 11 is 0. The minimum absolute atomic E-state index is 0.0685. The molecule has 1 aromatic carbocycles. The largest absolute Gasteiger partial charge is 0.497 e. The first kappa shape index (κ1) is 18.7. The van der Waals surface area contributed by atoms with Crippen molar-refractivity contribution in [3.05, 3.63) is 29.8 Å². The topological polar surface area (TPSA) is 70.7 Å². The summed E-state index contributed by atoms with van der Waals surface area (Å²) in [6.45, 7) is 2.80. The van der Waals surface area contributed by atoms with E-state index < -0.39 is 0 Å². The van der Waals surface area contributed by atoms with Gasteiger partial charge >= 0.3 is 0 Å². The standard InChI is InChI=1S/C20H29N3O3/c1-26-18-6-2-15(3-7-18)8-11-21-19(24)14-23-12-9-17(10-13-23)22-20(25)16-4-5-16/h2-3,6-7,16-17H,4-5,8-14H2,1H3,(H,21,24)(H,22,25). The van der Waals surface area contributed by atoms with Crippen LogP contribution in [0.2, 0.25) is 0 Å². The van der Waals surface area contributed by atoms with Crippen molar-refractivity contribution < 1.29 is 14.3 Å². The molecule has 2 aliphatic rings. The molecule has 1 heterocycles. The fourth-order valence-electron chi connectivity index (χ4n) is 3.30. The van der Waals surface area contributed by atoms with Gasteiger partial charge in [0.15, 0.2) is 0 Å². The summed E-state index contributed by atoms with van der Waals surface area (Å²) in [6.07, 6.45) is 4.75. The van der Waals surface area contributed by atoms with Crippen LogP contribution in [0.15, 0.2) is 24.3 Å². The summed E-state index contributed by atoms with van der Waals surface area (Å²) in [7, 11) is 1.65. The number of hydrogen-bond donors (Lipinski definition) is 2. The molecule has 26 heavy (non-hydrogen) atoms. The van der Waals surface area contributed by atoms with E-state index in [1.54, 1.807) is 7.11 Å². The smallest absolute Gasteiger partial charge is 0.234 e. The van der Waals surface area contributed by atoms with Crippen molar-refractivity contribution in [3.8, 4) is 5.75 Å². The molecule has 0 aromatic heterocycles. The maximum Gasteiger partial charge on any atom is 0.234 e. The van der Waals surface area contributed by atoms with Gasteiger partial charge in [-0.15, -0.1) is 0 Å². The Balaban J connectivity index is 1.29. The van der Waals surface area contributed by atoms with Crippen molar-refractivity contribution in [3.63, 3.8) is 0 Å². The first-order valence-corrected chi connectivity index (χ1v) is 9.56. The number of rotatable bonds is 8. The zero-order chi connectivity index (χ0) is 18.4. The summed E-state index contributed by atoms with van der Waals surface area (Å²) in [6, 6.07) is 8.18. The van der Waals surface area contributed by atoms with Gasteiger partial charge < -0.3 is 15.4 Å². The molecule has 0 radical (unpaired) electrons. The number of nitrogens with one attached hydrogen (secondary N) is 2. The van der Waals surface area contributed by atoms with Gasteiger partial charge in [0, 0.05) is 31.6 Å². The molecule has 1 aromatic rings. The van der Waals surface area contributed by atoms with Gasteiger partial charge in [0.05, 0.1) is 13.7 Å².